The van der Waals surface area contributed by atoms with Gasteiger partial charge in [-0.15, -0.1) is 0 Å². The number of morpholine rings is 1. The molecule has 2 amide bonds. The normalized spacial score (nSPS) is 22.9. The van der Waals surface area contributed by atoms with Crippen molar-refractivity contribution in [3.8, 4) is 0 Å². The van der Waals surface area contributed by atoms with Crippen LogP contribution in [0.5, 0.6) is 0 Å². The highest BCUT2D eigenvalue weighted by Gasteiger charge is 2.43. The molecule has 6 nitrogen and oxygen atoms in total. The number of halogens is 1. The summed E-state index contributed by atoms with van der Waals surface area (Å²) in [6.07, 6.45) is -0.912. The monoisotopic (exact) mass is 411 g/mol. The first kappa shape index (κ1) is 20.5. The molecule has 2 fully saturated rings. The molecule has 158 valence electrons. The number of piperazine rings is 1. The van der Waals surface area contributed by atoms with Gasteiger partial charge >= 0.3 is 0 Å². The fraction of sp³-hybridized carbons (Fsp3) is 0.391. The van der Waals surface area contributed by atoms with Gasteiger partial charge in [-0.3, -0.25) is 14.5 Å². The van der Waals surface area contributed by atoms with E-state index < -0.39 is 18.0 Å². The second-order valence-corrected chi connectivity index (χ2v) is 7.79. The molecule has 0 radical (unpaired) electrons. The van der Waals surface area contributed by atoms with Crippen LogP contribution in [0.1, 0.15) is 17.2 Å². The number of hydrogen-bond donors (Lipinski definition) is 0. The highest BCUT2D eigenvalue weighted by atomic mass is 19.1. The van der Waals surface area contributed by atoms with E-state index in [1.54, 1.807) is 30.1 Å². The average Bonchev–Trinajstić information content (AvgIpc) is 2.77. The number of carbonyl (C=O) groups is 2. The molecule has 0 aliphatic carbocycles. The number of hydrogen-bond acceptors (Lipinski definition) is 4. The summed E-state index contributed by atoms with van der Waals surface area (Å²) in [4.78, 5) is 31.0. The summed E-state index contributed by atoms with van der Waals surface area (Å²) in [5, 5.41) is 0. The predicted molar refractivity (Wildman–Crippen MR) is 110 cm³/mol. The van der Waals surface area contributed by atoms with Crippen LogP contribution in [0.15, 0.2) is 54.6 Å². The standard InChI is InChI=1S/C23H26FN3O3/c1-25-20(28)16-30-22(21(25)18-9-5-6-10-19(18)24)23(29)27-13-11-26(12-14-27)15-17-7-3-2-4-8-17/h2-10,21-22H,11-16H2,1H3/t21-,22-/m1/s1. The molecule has 0 N–H and O–H groups in total. The van der Waals surface area contributed by atoms with E-state index in [1.165, 1.54) is 16.5 Å². The zero-order valence-corrected chi connectivity index (χ0v) is 17.0. The van der Waals surface area contributed by atoms with Crippen LogP contribution in [0.25, 0.3) is 0 Å². The average molecular weight is 411 g/mol. The van der Waals surface area contributed by atoms with Gasteiger partial charge < -0.3 is 14.5 Å². The Morgan fingerprint density at radius 2 is 1.70 bits per heavy atom. The molecule has 0 bridgehead atoms. The minimum absolute atomic E-state index is 0.175. The van der Waals surface area contributed by atoms with Gasteiger partial charge in [0.1, 0.15) is 12.4 Å². The molecule has 2 atom stereocenters. The lowest BCUT2D eigenvalue weighted by Crippen LogP contribution is -2.57. The minimum atomic E-state index is -0.912. The third-order valence-corrected chi connectivity index (χ3v) is 5.88. The van der Waals surface area contributed by atoms with Gasteiger partial charge in [0.25, 0.3) is 5.91 Å². The minimum Gasteiger partial charge on any atom is -0.356 e. The van der Waals surface area contributed by atoms with Gasteiger partial charge in [0.15, 0.2) is 6.10 Å². The van der Waals surface area contributed by atoms with Gasteiger partial charge in [-0.25, -0.2) is 4.39 Å². The maximum atomic E-state index is 14.5. The third-order valence-electron chi connectivity index (χ3n) is 5.88. The second kappa shape index (κ2) is 8.93. The van der Waals surface area contributed by atoms with Crippen LogP contribution in [-0.4, -0.2) is 72.5 Å². The number of ether oxygens (including phenoxy) is 1. The van der Waals surface area contributed by atoms with Crippen molar-refractivity contribution in [3.63, 3.8) is 0 Å². The van der Waals surface area contributed by atoms with Gasteiger partial charge in [0, 0.05) is 45.3 Å². The third kappa shape index (κ3) is 4.22. The van der Waals surface area contributed by atoms with E-state index in [-0.39, 0.29) is 18.4 Å². The van der Waals surface area contributed by atoms with E-state index in [0.29, 0.717) is 18.7 Å². The Morgan fingerprint density at radius 3 is 2.40 bits per heavy atom. The molecular formula is C23H26FN3O3. The molecule has 2 heterocycles. The second-order valence-electron chi connectivity index (χ2n) is 7.79. The Labute approximate surface area is 175 Å². The SMILES string of the molecule is CN1C(=O)CO[C@@H](C(=O)N2CCN(Cc3ccccc3)CC2)[C@H]1c1ccccc1F. The Morgan fingerprint density at radius 1 is 1.03 bits per heavy atom. The first-order valence-electron chi connectivity index (χ1n) is 10.2. The molecule has 0 spiro atoms. The lowest BCUT2D eigenvalue weighted by molar-refractivity contribution is -0.168. The van der Waals surface area contributed by atoms with Crippen LogP contribution in [-0.2, 0) is 20.9 Å². The number of carbonyl (C=O) groups excluding carboxylic acids is 2. The zero-order valence-electron chi connectivity index (χ0n) is 17.0. The van der Waals surface area contributed by atoms with E-state index in [0.717, 1.165) is 19.6 Å². The van der Waals surface area contributed by atoms with Crippen LogP contribution in [0, 0.1) is 5.82 Å². The predicted octanol–water partition coefficient (Wildman–Crippen LogP) is 2.07. The van der Waals surface area contributed by atoms with Gasteiger partial charge in [-0.05, 0) is 11.6 Å². The topological polar surface area (TPSA) is 53.1 Å². The molecule has 2 aliphatic rings. The lowest BCUT2D eigenvalue weighted by Gasteiger charge is -2.42. The summed E-state index contributed by atoms with van der Waals surface area (Å²) in [6, 6.07) is 15.7. The Kier molecular flexibility index (Phi) is 6.11. The quantitative estimate of drug-likeness (QED) is 0.773. The fourth-order valence-corrected chi connectivity index (χ4v) is 4.15. The van der Waals surface area contributed by atoms with Crippen molar-refractivity contribution in [2.75, 3.05) is 39.8 Å². The number of rotatable bonds is 4. The molecule has 2 saturated heterocycles. The number of amides is 2. The number of likely N-dealkylation sites (N-methyl/N-ethyl adjacent to an activating group) is 1. The first-order valence-corrected chi connectivity index (χ1v) is 10.2. The van der Waals surface area contributed by atoms with Crippen molar-refractivity contribution in [2.24, 2.45) is 0 Å². The van der Waals surface area contributed by atoms with Crippen molar-refractivity contribution in [3.05, 3.63) is 71.5 Å². The van der Waals surface area contributed by atoms with Gasteiger partial charge in [-0.1, -0.05) is 48.5 Å². The fourth-order valence-electron chi connectivity index (χ4n) is 4.15. The molecule has 30 heavy (non-hydrogen) atoms. The molecular weight excluding hydrogens is 385 g/mol. The molecule has 0 saturated carbocycles. The van der Waals surface area contributed by atoms with Crippen molar-refractivity contribution in [1.29, 1.82) is 0 Å². The largest absolute Gasteiger partial charge is 0.356 e. The van der Waals surface area contributed by atoms with Crippen molar-refractivity contribution >= 4 is 11.8 Å². The van der Waals surface area contributed by atoms with Crippen molar-refractivity contribution < 1.29 is 18.7 Å². The van der Waals surface area contributed by atoms with Crippen LogP contribution in [0.2, 0.25) is 0 Å². The highest BCUT2D eigenvalue weighted by Crippen LogP contribution is 2.32. The highest BCUT2D eigenvalue weighted by molar-refractivity contribution is 5.86. The van der Waals surface area contributed by atoms with Crippen LogP contribution >= 0.6 is 0 Å². The van der Waals surface area contributed by atoms with E-state index >= 15 is 0 Å². The smallest absolute Gasteiger partial charge is 0.254 e. The van der Waals surface area contributed by atoms with Gasteiger partial charge in [-0.2, -0.15) is 0 Å². The van der Waals surface area contributed by atoms with Gasteiger partial charge in [0.2, 0.25) is 5.91 Å². The summed E-state index contributed by atoms with van der Waals surface area (Å²) in [7, 11) is 1.60. The molecule has 0 unspecified atom stereocenters. The van der Waals surface area contributed by atoms with Crippen LogP contribution < -0.4 is 0 Å². The van der Waals surface area contributed by atoms with Gasteiger partial charge in [0.05, 0.1) is 6.04 Å². The van der Waals surface area contributed by atoms with Crippen molar-refractivity contribution in [1.82, 2.24) is 14.7 Å². The summed E-state index contributed by atoms with van der Waals surface area (Å²) in [5.41, 5.74) is 1.54. The van der Waals surface area contributed by atoms with E-state index in [2.05, 4.69) is 17.0 Å². The molecule has 7 heteroatoms. The summed E-state index contributed by atoms with van der Waals surface area (Å²) in [5.74, 6) is -0.903. The number of benzene rings is 2. The molecule has 2 aromatic carbocycles. The Hall–Kier alpha value is -2.77. The Balaban J connectivity index is 1.45. The molecule has 4 rings (SSSR count). The maximum absolute atomic E-state index is 14.5. The first-order chi connectivity index (χ1) is 14.5. The zero-order chi connectivity index (χ0) is 21.1. The maximum Gasteiger partial charge on any atom is 0.254 e. The summed E-state index contributed by atoms with van der Waals surface area (Å²) >= 11 is 0. The van der Waals surface area contributed by atoms with Crippen LogP contribution in [0.4, 0.5) is 4.39 Å². The summed E-state index contributed by atoms with van der Waals surface area (Å²) < 4.78 is 20.1. The van der Waals surface area contributed by atoms with E-state index in [9.17, 15) is 14.0 Å². The van der Waals surface area contributed by atoms with E-state index in [4.69, 9.17) is 4.74 Å². The Bertz CT molecular complexity index is 900. The molecule has 2 aromatic rings. The molecule has 2 aliphatic heterocycles. The lowest BCUT2D eigenvalue weighted by atomic mass is 9.96. The molecule has 0 aromatic heterocycles. The number of nitrogens with zero attached hydrogens (tertiary/aromatic N) is 3. The van der Waals surface area contributed by atoms with Crippen LogP contribution in [0.3, 0.4) is 0 Å². The summed E-state index contributed by atoms with van der Waals surface area (Å²) in [6.45, 7) is 3.34. The van der Waals surface area contributed by atoms with E-state index in [1.807, 2.05) is 18.2 Å². The van der Waals surface area contributed by atoms with Crippen molar-refractivity contribution in [2.45, 2.75) is 18.7 Å².